The van der Waals surface area contributed by atoms with E-state index < -0.39 is 5.97 Å². The van der Waals surface area contributed by atoms with Crippen molar-refractivity contribution in [3.63, 3.8) is 0 Å². The number of hydrogen-bond donors (Lipinski definition) is 1. The third-order valence-corrected chi connectivity index (χ3v) is 7.47. The molecular weight excluding hydrogens is 370 g/mol. The molecule has 2 aromatic carbocycles. The van der Waals surface area contributed by atoms with Crippen LogP contribution in [0.15, 0.2) is 54.6 Å². The lowest BCUT2D eigenvalue weighted by atomic mass is 9.71. The summed E-state index contributed by atoms with van der Waals surface area (Å²) in [7, 11) is 0. The molecule has 1 N–H and O–H groups in total. The average molecular weight is 402 g/mol. The molecule has 30 heavy (non-hydrogen) atoms. The number of unbranched alkanes of at least 4 members (excludes halogenated alkanes) is 2. The first-order valence-electron chi connectivity index (χ1n) is 11.6. The van der Waals surface area contributed by atoms with Crippen LogP contribution in [-0.4, -0.2) is 17.6 Å². The largest absolute Gasteiger partial charge is 0.478 e. The molecule has 1 aliphatic carbocycles. The second-order valence-electron chi connectivity index (χ2n) is 9.19. The number of rotatable bonds is 6. The van der Waals surface area contributed by atoms with Crippen molar-refractivity contribution < 1.29 is 9.90 Å². The van der Waals surface area contributed by atoms with Gasteiger partial charge in [-0.3, -0.25) is 0 Å². The van der Waals surface area contributed by atoms with Gasteiger partial charge in [-0.25, -0.2) is 4.79 Å². The number of carboxylic acids is 1. The summed E-state index contributed by atoms with van der Waals surface area (Å²) in [5.41, 5.74) is 5.72. The van der Waals surface area contributed by atoms with Crippen LogP contribution in [0, 0.1) is 5.92 Å². The van der Waals surface area contributed by atoms with Crippen LogP contribution in [0.1, 0.15) is 90.4 Å². The number of carbonyl (C=O) groups is 1. The molecule has 0 radical (unpaired) electrons. The van der Waals surface area contributed by atoms with Crippen molar-refractivity contribution in [1.29, 1.82) is 0 Å². The molecule has 0 fully saturated rings. The zero-order chi connectivity index (χ0) is 20.7. The zero-order valence-electron chi connectivity index (χ0n) is 17.8. The van der Waals surface area contributed by atoms with Gasteiger partial charge in [0.1, 0.15) is 0 Å². The van der Waals surface area contributed by atoms with E-state index in [0.717, 1.165) is 25.8 Å². The van der Waals surface area contributed by atoms with Gasteiger partial charge >= 0.3 is 5.97 Å². The summed E-state index contributed by atoms with van der Waals surface area (Å²) in [4.78, 5) is 14.6. The molecule has 3 heteroatoms. The Kier molecular flexibility index (Phi) is 5.14. The lowest BCUT2D eigenvalue weighted by Crippen LogP contribution is -2.43. The highest BCUT2D eigenvalue weighted by Crippen LogP contribution is 2.57. The molecule has 2 aromatic rings. The van der Waals surface area contributed by atoms with E-state index in [4.69, 9.17) is 0 Å². The van der Waals surface area contributed by atoms with Crippen molar-refractivity contribution in [3.05, 3.63) is 76.9 Å². The van der Waals surface area contributed by atoms with Gasteiger partial charge in [-0.15, -0.1) is 0 Å². The third kappa shape index (κ3) is 3.15. The summed E-state index contributed by atoms with van der Waals surface area (Å²) in [5, 5.41) is 9.83. The Morgan fingerprint density at radius 1 is 1.13 bits per heavy atom. The predicted octanol–water partition coefficient (Wildman–Crippen LogP) is 6.67. The number of anilines is 1. The molecule has 0 saturated carbocycles. The summed E-state index contributed by atoms with van der Waals surface area (Å²) in [6.07, 6.45) is 11.7. The summed E-state index contributed by atoms with van der Waals surface area (Å²) in [5.74, 6) is 0.462. The van der Waals surface area contributed by atoms with Crippen LogP contribution in [0.3, 0.4) is 0 Å². The van der Waals surface area contributed by atoms with Crippen LogP contribution < -0.4 is 4.90 Å². The summed E-state index contributed by atoms with van der Waals surface area (Å²) in [6.45, 7) is 3.30. The summed E-state index contributed by atoms with van der Waals surface area (Å²) >= 11 is 0. The van der Waals surface area contributed by atoms with E-state index in [1.165, 1.54) is 41.6 Å². The Balaban J connectivity index is 1.65. The highest BCUT2D eigenvalue weighted by Gasteiger charge is 2.45. The molecule has 3 nitrogen and oxygen atoms in total. The maximum Gasteiger partial charge on any atom is 0.335 e. The third-order valence-electron chi connectivity index (χ3n) is 7.47. The van der Waals surface area contributed by atoms with E-state index in [2.05, 4.69) is 54.3 Å². The number of fused-ring (bicyclic) bond motifs is 2. The average Bonchev–Trinajstić information content (AvgIpc) is 3.25. The number of carboxylic acid groups (broad SMARTS) is 1. The van der Waals surface area contributed by atoms with Gasteiger partial charge in [-0.05, 0) is 59.9 Å². The number of allylic oxidation sites excluding steroid dienone is 2. The zero-order valence-corrected chi connectivity index (χ0v) is 17.8. The van der Waals surface area contributed by atoms with E-state index in [0.29, 0.717) is 29.4 Å². The van der Waals surface area contributed by atoms with Crippen molar-refractivity contribution in [1.82, 2.24) is 0 Å². The number of hydrogen-bond acceptors (Lipinski definition) is 2. The minimum absolute atomic E-state index is 0.314. The van der Waals surface area contributed by atoms with Crippen LogP contribution in [0.4, 0.5) is 5.69 Å². The maximum absolute atomic E-state index is 12.0. The van der Waals surface area contributed by atoms with Crippen molar-refractivity contribution in [3.8, 4) is 0 Å². The second-order valence-corrected chi connectivity index (χ2v) is 9.19. The van der Waals surface area contributed by atoms with Crippen molar-refractivity contribution in [2.24, 2.45) is 5.92 Å². The normalized spacial score (nSPS) is 26.4. The van der Waals surface area contributed by atoms with E-state index in [1.54, 1.807) is 0 Å². The minimum Gasteiger partial charge on any atom is -0.478 e. The topological polar surface area (TPSA) is 40.5 Å². The summed E-state index contributed by atoms with van der Waals surface area (Å²) in [6, 6.07) is 15.2. The second kappa shape index (κ2) is 7.94. The predicted molar refractivity (Wildman–Crippen MR) is 121 cm³/mol. The standard InChI is InChI=1S/C27H31NO2/c1-2-3-5-9-18-14-15-28-25(19-10-6-4-7-11-19)22-13-8-12-21(22)24-17-20(27(29)30)16-23(18)26(24)28/h4,6-8,10-12,16-18,21-22,25H,2-3,5,9,13-15H2,1H3,(H,29,30)/t18-,21+,22-,25-/m1/s1. The molecule has 0 bridgehead atoms. The first-order chi connectivity index (χ1) is 14.7. The Labute approximate surface area is 179 Å². The fourth-order valence-corrected chi connectivity index (χ4v) is 6.12. The summed E-state index contributed by atoms with van der Waals surface area (Å²) < 4.78 is 0. The lowest BCUT2D eigenvalue weighted by molar-refractivity contribution is 0.0696. The number of benzene rings is 2. The fraction of sp³-hybridized carbons (Fsp3) is 0.444. The monoisotopic (exact) mass is 401 g/mol. The number of aromatic carboxylic acids is 1. The molecule has 0 unspecified atom stereocenters. The Bertz CT molecular complexity index is 964. The first-order valence-corrected chi connectivity index (χ1v) is 11.6. The molecule has 156 valence electrons. The maximum atomic E-state index is 12.0. The highest BCUT2D eigenvalue weighted by atomic mass is 16.4. The molecule has 0 amide bonds. The van der Waals surface area contributed by atoms with E-state index in [1.807, 2.05) is 12.1 Å². The van der Waals surface area contributed by atoms with Crippen LogP contribution in [0.2, 0.25) is 0 Å². The first kappa shape index (κ1) is 19.4. The molecule has 5 rings (SSSR count). The van der Waals surface area contributed by atoms with Crippen molar-refractivity contribution in [2.45, 2.75) is 63.3 Å². The molecule has 2 heterocycles. The smallest absolute Gasteiger partial charge is 0.335 e. The van der Waals surface area contributed by atoms with Gasteiger partial charge in [-0.1, -0.05) is 68.7 Å². The molecule has 2 aliphatic heterocycles. The Hall–Kier alpha value is -2.55. The SMILES string of the molecule is CCCCC[C@@H]1CCN2c3c1cc(C(=O)O)cc3[C@H]1C=CC[C@H]1[C@H]2c1ccccc1. The fourth-order valence-electron chi connectivity index (χ4n) is 6.12. The van der Waals surface area contributed by atoms with Gasteiger partial charge in [-0.2, -0.15) is 0 Å². The highest BCUT2D eigenvalue weighted by molar-refractivity contribution is 5.90. The van der Waals surface area contributed by atoms with E-state index >= 15 is 0 Å². The van der Waals surface area contributed by atoms with Gasteiger partial charge in [0.05, 0.1) is 11.6 Å². The quantitative estimate of drug-likeness (QED) is 0.434. The minimum atomic E-state index is -0.804. The van der Waals surface area contributed by atoms with Gasteiger partial charge in [0.15, 0.2) is 0 Å². The van der Waals surface area contributed by atoms with Gasteiger partial charge in [0.25, 0.3) is 0 Å². The molecule has 3 aliphatic rings. The number of nitrogens with zero attached hydrogens (tertiary/aromatic N) is 1. The molecule has 0 aromatic heterocycles. The van der Waals surface area contributed by atoms with E-state index in [-0.39, 0.29) is 0 Å². The van der Waals surface area contributed by atoms with Crippen LogP contribution in [0.25, 0.3) is 0 Å². The van der Waals surface area contributed by atoms with Gasteiger partial charge in [0.2, 0.25) is 0 Å². The Morgan fingerprint density at radius 2 is 1.93 bits per heavy atom. The van der Waals surface area contributed by atoms with E-state index in [9.17, 15) is 9.90 Å². The van der Waals surface area contributed by atoms with Crippen LogP contribution in [0.5, 0.6) is 0 Å². The lowest BCUT2D eigenvalue weighted by Gasteiger charge is -2.50. The molecule has 0 saturated heterocycles. The van der Waals surface area contributed by atoms with Crippen molar-refractivity contribution in [2.75, 3.05) is 11.4 Å². The van der Waals surface area contributed by atoms with Crippen LogP contribution >= 0.6 is 0 Å². The van der Waals surface area contributed by atoms with Crippen molar-refractivity contribution >= 4 is 11.7 Å². The van der Waals surface area contributed by atoms with Crippen LogP contribution in [-0.2, 0) is 0 Å². The molecule has 4 atom stereocenters. The molecular formula is C27H31NO2. The van der Waals surface area contributed by atoms with Gasteiger partial charge < -0.3 is 10.0 Å². The molecule has 0 spiro atoms. The van der Waals surface area contributed by atoms with Gasteiger partial charge in [0, 0.05) is 18.2 Å². The Morgan fingerprint density at radius 3 is 2.70 bits per heavy atom.